The highest BCUT2D eigenvalue weighted by Gasteiger charge is 2.49. The van der Waals surface area contributed by atoms with Gasteiger partial charge in [0.15, 0.2) is 11.5 Å². The van der Waals surface area contributed by atoms with E-state index >= 15 is 0 Å². The molecule has 1 saturated heterocycles. The fourth-order valence-electron chi connectivity index (χ4n) is 2.09. The lowest BCUT2D eigenvalue weighted by Crippen LogP contribution is -2.56. The lowest BCUT2D eigenvalue weighted by atomic mass is 10.0. The van der Waals surface area contributed by atoms with Gasteiger partial charge in [-0.3, -0.25) is 4.40 Å². The van der Waals surface area contributed by atoms with Gasteiger partial charge < -0.3 is 4.90 Å². The van der Waals surface area contributed by atoms with Crippen LogP contribution in [0.3, 0.4) is 0 Å². The standard InChI is InChI=1S/C10H7BrF4N4/c11-6-4-19-7(12)3-16-8(19)9(17-6)18-2-1-5(18)10(13,14)15/h3-5H,1-2H2/t5-/m1/s1. The third kappa shape index (κ3) is 1.96. The van der Waals surface area contributed by atoms with Gasteiger partial charge in [-0.05, 0) is 22.4 Å². The number of nitrogens with zero attached hydrogens (tertiary/aromatic N) is 4. The molecule has 1 fully saturated rings. The maximum atomic E-state index is 13.4. The summed E-state index contributed by atoms with van der Waals surface area (Å²) < 4.78 is 53.0. The molecule has 0 unspecified atom stereocenters. The van der Waals surface area contributed by atoms with Crippen molar-refractivity contribution in [2.24, 2.45) is 0 Å². The zero-order chi connectivity index (χ0) is 13.8. The van der Waals surface area contributed by atoms with Gasteiger partial charge in [-0.15, -0.1) is 0 Å². The number of hydrogen-bond acceptors (Lipinski definition) is 3. The topological polar surface area (TPSA) is 33.4 Å². The molecule has 1 aliphatic rings. The first-order valence-corrected chi connectivity index (χ1v) is 6.19. The number of alkyl halides is 3. The van der Waals surface area contributed by atoms with E-state index in [4.69, 9.17) is 0 Å². The number of hydrogen-bond donors (Lipinski definition) is 0. The van der Waals surface area contributed by atoms with Crippen molar-refractivity contribution in [2.75, 3.05) is 11.4 Å². The third-order valence-electron chi connectivity index (χ3n) is 3.07. The van der Waals surface area contributed by atoms with Crippen molar-refractivity contribution < 1.29 is 17.6 Å². The van der Waals surface area contributed by atoms with Crippen LogP contribution in [0.15, 0.2) is 17.0 Å². The lowest BCUT2D eigenvalue weighted by Gasteiger charge is -2.42. The van der Waals surface area contributed by atoms with Crippen molar-refractivity contribution in [1.82, 2.24) is 14.4 Å². The van der Waals surface area contributed by atoms with E-state index in [1.807, 2.05) is 0 Å². The summed E-state index contributed by atoms with van der Waals surface area (Å²) in [7, 11) is 0. The first kappa shape index (κ1) is 12.6. The Morgan fingerprint density at radius 3 is 2.68 bits per heavy atom. The van der Waals surface area contributed by atoms with E-state index in [1.165, 1.54) is 6.20 Å². The van der Waals surface area contributed by atoms with Gasteiger partial charge in [0.2, 0.25) is 5.95 Å². The van der Waals surface area contributed by atoms with Crippen molar-refractivity contribution in [3.63, 3.8) is 0 Å². The summed E-state index contributed by atoms with van der Waals surface area (Å²) >= 11 is 3.06. The molecular weight excluding hydrogens is 332 g/mol. The first-order valence-electron chi connectivity index (χ1n) is 5.40. The van der Waals surface area contributed by atoms with Gasteiger partial charge in [0.25, 0.3) is 0 Å². The molecule has 1 atom stereocenters. The van der Waals surface area contributed by atoms with E-state index < -0.39 is 18.2 Å². The van der Waals surface area contributed by atoms with Gasteiger partial charge in [0.05, 0.1) is 6.20 Å². The molecule has 9 heteroatoms. The van der Waals surface area contributed by atoms with Gasteiger partial charge in [0, 0.05) is 12.7 Å². The van der Waals surface area contributed by atoms with Crippen molar-refractivity contribution in [1.29, 1.82) is 0 Å². The Hall–Kier alpha value is -1.38. The molecule has 3 heterocycles. The highest BCUT2D eigenvalue weighted by atomic mass is 79.9. The van der Waals surface area contributed by atoms with Crippen LogP contribution in [0.1, 0.15) is 6.42 Å². The number of anilines is 1. The van der Waals surface area contributed by atoms with Crippen molar-refractivity contribution in [3.05, 3.63) is 22.9 Å². The summed E-state index contributed by atoms with van der Waals surface area (Å²) in [5, 5.41) is 0. The van der Waals surface area contributed by atoms with Gasteiger partial charge in [-0.2, -0.15) is 17.6 Å². The molecule has 0 aliphatic carbocycles. The molecule has 0 N–H and O–H groups in total. The normalized spacial score (nSPS) is 19.8. The smallest absolute Gasteiger partial charge is 0.341 e. The van der Waals surface area contributed by atoms with E-state index in [9.17, 15) is 17.6 Å². The minimum Gasteiger partial charge on any atom is -0.341 e. The van der Waals surface area contributed by atoms with Crippen LogP contribution in [0.4, 0.5) is 23.4 Å². The summed E-state index contributed by atoms with van der Waals surface area (Å²) in [4.78, 5) is 8.86. The van der Waals surface area contributed by atoms with Gasteiger partial charge in [0.1, 0.15) is 10.6 Å². The molecule has 0 spiro atoms. The van der Waals surface area contributed by atoms with E-state index in [-0.39, 0.29) is 29.0 Å². The summed E-state index contributed by atoms with van der Waals surface area (Å²) in [6, 6.07) is -1.59. The van der Waals surface area contributed by atoms with Gasteiger partial charge in [-0.25, -0.2) is 9.97 Å². The van der Waals surface area contributed by atoms with Crippen LogP contribution in [0.25, 0.3) is 5.65 Å². The zero-order valence-electron chi connectivity index (χ0n) is 9.32. The summed E-state index contributed by atoms with van der Waals surface area (Å²) in [6.45, 7) is 0.220. The Bertz CT molecular complexity index is 638. The minimum atomic E-state index is -4.33. The second-order valence-corrected chi connectivity index (χ2v) is 5.01. The minimum absolute atomic E-state index is 0.00699. The average Bonchev–Trinajstić information content (AvgIpc) is 2.56. The van der Waals surface area contributed by atoms with Crippen molar-refractivity contribution in [2.45, 2.75) is 18.6 Å². The predicted octanol–water partition coefficient (Wildman–Crippen LogP) is 2.77. The maximum Gasteiger partial charge on any atom is 0.408 e. The molecule has 0 aromatic carbocycles. The monoisotopic (exact) mass is 338 g/mol. The third-order valence-corrected chi connectivity index (χ3v) is 3.45. The Labute approximate surface area is 113 Å². The molecule has 0 amide bonds. The van der Waals surface area contributed by atoms with Crippen LogP contribution < -0.4 is 4.90 Å². The van der Waals surface area contributed by atoms with Crippen LogP contribution in [0.5, 0.6) is 0 Å². The maximum absolute atomic E-state index is 13.4. The quantitative estimate of drug-likeness (QED) is 0.750. The van der Waals surface area contributed by atoms with Crippen LogP contribution in [-0.2, 0) is 0 Å². The summed E-state index contributed by atoms with van der Waals surface area (Å²) in [5.74, 6) is -0.615. The van der Waals surface area contributed by atoms with Crippen LogP contribution >= 0.6 is 15.9 Å². The second kappa shape index (κ2) is 4.06. The summed E-state index contributed by atoms with van der Waals surface area (Å²) in [6.07, 6.45) is -2.05. The van der Waals surface area contributed by atoms with E-state index in [1.54, 1.807) is 0 Å². The number of imidazole rings is 1. The molecule has 4 nitrogen and oxygen atoms in total. The Balaban J connectivity index is 2.10. The van der Waals surface area contributed by atoms with E-state index in [2.05, 4.69) is 25.9 Å². The van der Waals surface area contributed by atoms with Gasteiger partial charge in [-0.1, -0.05) is 0 Å². The Morgan fingerprint density at radius 2 is 2.11 bits per heavy atom. The van der Waals surface area contributed by atoms with Crippen LogP contribution in [-0.4, -0.2) is 33.1 Å². The molecule has 0 saturated carbocycles. The summed E-state index contributed by atoms with van der Waals surface area (Å²) in [5.41, 5.74) is 0.0784. The number of rotatable bonds is 1. The van der Waals surface area contributed by atoms with Crippen LogP contribution in [0.2, 0.25) is 0 Å². The molecule has 102 valence electrons. The molecule has 1 aliphatic heterocycles. The molecule has 0 radical (unpaired) electrons. The predicted molar refractivity (Wildman–Crippen MR) is 62.5 cm³/mol. The Kier molecular flexibility index (Phi) is 2.70. The van der Waals surface area contributed by atoms with Crippen LogP contribution in [0, 0.1) is 5.95 Å². The molecule has 0 bridgehead atoms. The number of aromatic nitrogens is 3. The fourth-order valence-corrected chi connectivity index (χ4v) is 2.46. The van der Waals surface area contributed by atoms with E-state index in [0.29, 0.717) is 0 Å². The molecular formula is C10H7BrF4N4. The van der Waals surface area contributed by atoms with E-state index in [0.717, 1.165) is 15.5 Å². The highest BCUT2D eigenvalue weighted by Crippen LogP contribution is 2.38. The number of halogens is 5. The van der Waals surface area contributed by atoms with Gasteiger partial charge >= 0.3 is 6.18 Å². The Morgan fingerprint density at radius 1 is 1.37 bits per heavy atom. The molecule has 3 rings (SSSR count). The SMILES string of the molecule is Fc1cnc2c(N3CC[C@@H]3C(F)(F)F)nc(Br)cn12. The number of fused-ring (bicyclic) bond motifs is 1. The first-order chi connectivity index (χ1) is 8.88. The highest BCUT2D eigenvalue weighted by molar-refractivity contribution is 9.10. The average molecular weight is 339 g/mol. The molecule has 2 aromatic heterocycles. The fraction of sp³-hybridized carbons (Fsp3) is 0.400. The largest absolute Gasteiger partial charge is 0.408 e. The van der Waals surface area contributed by atoms with Crippen molar-refractivity contribution in [3.8, 4) is 0 Å². The van der Waals surface area contributed by atoms with Crippen molar-refractivity contribution >= 4 is 27.4 Å². The zero-order valence-corrected chi connectivity index (χ0v) is 10.9. The second-order valence-electron chi connectivity index (χ2n) is 4.20. The molecule has 19 heavy (non-hydrogen) atoms. The lowest BCUT2D eigenvalue weighted by molar-refractivity contribution is -0.159. The molecule has 2 aromatic rings.